The Kier molecular flexibility index (Phi) is 3.02. The molecule has 0 saturated carbocycles. The van der Waals surface area contributed by atoms with E-state index < -0.39 is 0 Å². The molecule has 0 spiro atoms. The van der Waals surface area contributed by atoms with E-state index in [1.54, 1.807) is 6.07 Å². The Balaban J connectivity index is 2.35. The van der Waals surface area contributed by atoms with Gasteiger partial charge >= 0.3 is 0 Å². The van der Waals surface area contributed by atoms with E-state index in [0.717, 1.165) is 11.3 Å². The van der Waals surface area contributed by atoms with Crippen LogP contribution in [0.25, 0.3) is 0 Å². The van der Waals surface area contributed by atoms with E-state index in [1.807, 2.05) is 43.3 Å². The lowest BCUT2D eigenvalue weighted by Gasteiger charge is -2.10. The largest absolute Gasteiger partial charge is 0.455 e. The fraction of sp³-hybridized carbons (Fsp3) is 0.0769. The maximum atomic E-state index is 5.95. The lowest BCUT2D eigenvalue weighted by Crippen LogP contribution is -1.95. The molecule has 0 aliphatic rings. The fourth-order valence-corrected chi connectivity index (χ4v) is 1.69. The van der Waals surface area contributed by atoms with Gasteiger partial charge in [-0.2, -0.15) is 0 Å². The molecular weight excluding hydrogens is 222 g/mol. The third-order valence-electron chi connectivity index (χ3n) is 2.28. The monoisotopic (exact) mass is 233 g/mol. The summed E-state index contributed by atoms with van der Waals surface area (Å²) in [6.45, 7) is 1.90. The first-order valence-electron chi connectivity index (χ1n) is 4.95. The van der Waals surface area contributed by atoms with E-state index in [0.29, 0.717) is 16.5 Å². The van der Waals surface area contributed by atoms with E-state index in [2.05, 4.69) is 0 Å². The molecule has 0 saturated heterocycles. The highest BCUT2D eigenvalue weighted by molar-refractivity contribution is 6.30. The van der Waals surface area contributed by atoms with E-state index >= 15 is 0 Å². The van der Waals surface area contributed by atoms with Gasteiger partial charge in [0, 0.05) is 11.1 Å². The number of anilines is 1. The van der Waals surface area contributed by atoms with Crippen LogP contribution in [0.4, 0.5) is 5.69 Å². The number of nitrogen functional groups attached to an aromatic ring is 1. The Morgan fingerprint density at radius 2 is 1.81 bits per heavy atom. The number of hydrogen-bond acceptors (Lipinski definition) is 2. The summed E-state index contributed by atoms with van der Waals surface area (Å²) in [4.78, 5) is 0. The first kappa shape index (κ1) is 10.8. The van der Waals surface area contributed by atoms with Gasteiger partial charge in [-0.3, -0.25) is 0 Å². The molecule has 0 unspecified atom stereocenters. The zero-order valence-corrected chi connectivity index (χ0v) is 9.66. The van der Waals surface area contributed by atoms with Crippen LogP contribution in [0.2, 0.25) is 5.02 Å². The lowest BCUT2D eigenvalue weighted by molar-refractivity contribution is 0.485. The molecular formula is C13H12ClNO. The van der Waals surface area contributed by atoms with Gasteiger partial charge in [0.1, 0.15) is 5.75 Å². The molecule has 0 atom stereocenters. The summed E-state index contributed by atoms with van der Waals surface area (Å²) >= 11 is 5.95. The van der Waals surface area contributed by atoms with Crippen molar-refractivity contribution in [2.24, 2.45) is 0 Å². The predicted octanol–water partition coefficient (Wildman–Crippen LogP) is 4.02. The highest BCUT2D eigenvalue weighted by Gasteiger charge is 2.06. The van der Waals surface area contributed by atoms with Gasteiger partial charge in [-0.15, -0.1) is 0 Å². The number of hydrogen-bond donors (Lipinski definition) is 1. The first-order valence-corrected chi connectivity index (χ1v) is 5.33. The quantitative estimate of drug-likeness (QED) is 0.795. The molecule has 2 aromatic rings. The van der Waals surface area contributed by atoms with Gasteiger partial charge in [-0.25, -0.2) is 0 Å². The fourth-order valence-electron chi connectivity index (χ4n) is 1.42. The second-order valence-corrected chi connectivity index (χ2v) is 3.99. The van der Waals surface area contributed by atoms with Crippen molar-refractivity contribution in [3.8, 4) is 11.5 Å². The molecule has 2 rings (SSSR count). The number of aryl methyl sites for hydroxylation is 1. The second-order valence-electron chi connectivity index (χ2n) is 3.55. The molecule has 0 bridgehead atoms. The number of nitrogens with two attached hydrogens (primary N) is 1. The molecule has 0 amide bonds. The first-order chi connectivity index (χ1) is 7.66. The Hall–Kier alpha value is -1.67. The van der Waals surface area contributed by atoms with Crippen molar-refractivity contribution in [1.82, 2.24) is 0 Å². The topological polar surface area (TPSA) is 35.2 Å². The van der Waals surface area contributed by atoms with Crippen LogP contribution < -0.4 is 10.5 Å². The normalized spacial score (nSPS) is 10.1. The van der Waals surface area contributed by atoms with Crippen LogP contribution in [0.1, 0.15) is 5.56 Å². The Labute approximate surface area is 99.6 Å². The number of para-hydroxylation sites is 1. The summed E-state index contributed by atoms with van der Waals surface area (Å²) < 4.78 is 5.66. The predicted molar refractivity (Wildman–Crippen MR) is 67.1 cm³/mol. The van der Waals surface area contributed by atoms with Gasteiger partial charge in [0.15, 0.2) is 5.75 Å². The van der Waals surface area contributed by atoms with Crippen molar-refractivity contribution in [2.75, 3.05) is 5.73 Å². The third kappa shape index (κ3) is 2.28. The molecule has 82 valence electrons. The molecule has 0 aliphatic carbocycles. The van der Waals surface area contributed by atoms with Gasteiger partial charge in [-0.1, -0.05) is 29.8 Å². The maximum Gasteiger partial charge on any atom is 0.152 e. The SMILES string of the molecule is Cc1cc(Cl)cc(Oc2ccccc2)c1N. The Morgan fingerprint density at radius 1 is 1.12 bits per heavy atom. The average Bonchev–Trinajstić information content (AvgIpc) is 2.27. The third-order valence-corrected chi connectivity index (χ3v) is 2.50. The van der Waals surface area contributed by atoms with Crippen molar-refractivity contribution in [3.05, 3.63) is 53.1 Å². The van der Waals surface area contributed by atoms with Crippen LogP contribution in [0, 0.1) is 6.92 Å². The summed E-state index contributed by atoms with van der Waals surface area (Å²) in [5, 5.41) is 0.623. The van der Waals surface area contributed by atoms with E-state index in [9.17, 15) is 0 Å². The van der Waals surface area contributed by atoms with Gasteiger partial charge in [0.05, 0.1) is 5.69 Å². The standard InChI is InChI=1S/C13H12ClNO/c1-9-7-10(14)8-12(13(9)15)16-11-5-3-2-4-6-11/h2-8H,15H2,1H3. The smallest absolute Gasteiger partial charge is 0.152 e. The van der Waals surface area contributed by atoms with Crippen LogP contribution in [-0.2, 0) is 0 Å². The minimum atomic E-state index is 0.594. The number of ether oxygens (including phenoxy) is 1. The zero-order valence-electron chi connectivity index (χ0n) is 8.91. The van der Waals surface area contributed by atoms with Crippen LogP contribution >= 0.6 is 11.6 Å². The number of benzene rings is 2. The zero-order chi connectivity index (χ0) is 11.5. The summed E-state index contributed by atoms with van der Waals surface area (Å²) in [7, 11) is 0. The minimum Gasteiger partial charge on any atom is -0.455 e. The van der Waals surface area contributed by atoms with Gasteiger partial charge in [0.25, 0.3) is 0 Å². The van der Waals surface area contributed by atoms with Crippen LogP contribution in [0.3, 0.4) is 0 Å². The van der Waals surface area contributed by atoms with E-state index in [4.69, 9.17) is 22.1 Å². The second kappa shape index (κ2) is 4.45. The number of rotatable bonds is 2. The molecule has 0 aromatic heterocycles. The van der Waals surface area contributed by atoms with Crippen molar-refractivity contribution < 1.29 is 4.74 Å². The highest BCUT2D eigenvalue weighted by atomic mass is 35.5. The van der Waals surface area contributed by atoms with Crippen LogP contribution in [0.5, 0.6) is 11.5 Å². The molecule has 0 aliphatic heterocycles. The molecule has 0 fully saturated rings. The summed E-state index contributed by atoms with van der Waals surface area (Å²) in [6.07, 6.45) is 0. The molecule has 2 N–H and O–H groups in total. The molecule has 3 heteroatoms. The molecule has 0 radical (unpaired) electrons. The highest BCUT2D eigenvalue weighted by Crippen LogP contribution is 2.32. The van der Waals surface area contributed by atoms with Crippen molar-refractivity contribution in [3.63, 3.8) is 0 Å². The average molecular weight is 234 g/mol. The van der Waals surface area contributed by atoms with Gasteiger partial charge in [0.2, 0.25) is 0 Å². The Morgan fingerprint density at radius 3 is 2.50 bits per heavy atom. The summed E-state index contributed by atoms with van der Waals surface area (Å²) in [6, 6.07) is 13.0. The van der Waals surface area contributed by atoms with E-state index in [1.165, 1.54) is 0 Å². The van der Waals surface area contributed by atoms with Crippen LogP contribution in [-0.4, -0.2) is 0 Å². The molecule has 2 aromatic carbocycles. The molecule has 0 heterocycles. The van der Waals surface area contributed by atoms with Crippen molar-refractivity contribution >= 4 is 17.3 Å². The van der Waals surface area contributed by atoms with Gasteiger partial charge < -0.3 is 10.5 Å². The van der Waals surface area contributed by atoms with Crippen LogP contribution in [0.15, 0.2) is 42.5 Å². The minimum absolute atomic E-state index is 0.594. The molecule has 2 nitrogen and oxygen atoms in total. The Bertz CT molecular complexity index is 497. The summed E-state index contributed by atoms with van der Waals surface area (Å²) in [5.74, 6) is 1.34. The summed E-state index contributed by atoms with van der Waals surface area (Å²) in [5.41, 5.74) is 7.45. The van der Waals surface area contributed by atoms with Crippen molar-refractivity contribution in [2.45, 2.75) is 6.92 Å². The lowest BCUT2D eigenvalue weighted by atomic mass is 10.2. The van der Waals surface area contributed by atoms with Crippen molar-refractivity contribution in [1.29, 1.82) is 0 Å². The maximum absolute atomic E-state index is 5.95. The van der Waals surface area contributed by atoms with E-state index in [-0.39, 0.29) is 0 Å². The molecule has 16 heavy (non-hydrogen) atoms. The number of halogens is 1. The van der Waals surface area contributed by atoms with Gasteiger partial charge in [-0.05, 0) is 30.7 Å².